The molecule has 2 aromatic rings. The molecule has 0 fully saturated rings. The first-order chi connectivity index (χ1) is 13.1. The normalized spacial score (nSPS) is 18.4. The van der Waals surface area contributed by atoms with Crippen molar-refractivity contribution in [1.82, 2.24) is 10.3 Å². The lowest BCUT2D eigenvalue weighted by Gasteiger charge is -2.29. The number of rotatable bonds is 3. The summed E-state index contributed by atoms with van der Waals surface area (Å²) in [4.78, 5) is 29.6. The molecule has 0 saturated carbocycles. The molecule has 1 aliphatic carbocycles. The van der Waals surface area contributed by atoms with Gasteiger partial charge in [-0.1, -0.05) is 13.0 Å². The Hall–Kier alpha value is -2.89. The SMILES string of the molecule is CCC(=O)N[C@@H]1CCCc2c(-c3ccc4c(c3)COC(=O)N4C)cncc21. The topological polar surface area (TPSA) is 71.5 Å². The number of anilines is 1. The van der Waals surface area contributed by atoms with E-state index in [-0.39, 0.29) is 24.6 Å². The Kier molecular flexibility index (Phi) is 4.56. The molecule has 1 N–H and O–H groups in total. The van der Waals surface area contributed by atoms with Crippen molar-refractivity contribution >= 4 is 17.7 Å². The number of amides is 2. The summed E-state index contributed by atoms with van der Waals surface area (Å²) in [5.41, 5.74) is 6.37. The van der Waals surface area contributed by atoms with Gasteiger partial charge in [0.25, 0.3) is 0 Å². The van der Waals surface area contributed by atoms with Crippen LogP contribution in [-0.2, 0) is 22.6 Å². The Morgan fingerprint density at radius 1 is 1.37 bits per heavy atom. The van der Waals surface area contributed by atoms with Crippen molar-refractivity contribution in [3.8, 4) is 11.1 Å². The maximum Gasteiger partial charge on any atom is 0.414 e. The number of carbonyl (C=O) groups excluding carboxylic acids is 2. The standard InChI is InChI=1S/C21H23N3O3/c1-3-20(25)23-18-6-4-5-15-16(10-22-11-17(15)18)13-7-8-19-14(9-13)12-27-21(26)24(19)2/h7-11,18H,3-6,12H2,1-2H3,(H,23,25)/t18-/m1/s1. The molecule has 140 valence electrons. The van der Waals surface area contributed by atoms with Gasteiger partial charge < -0.3 is 10.1 Å². The third kappa shape index (κ3) is 3.16. The highest BCUT2D eigenvalue weighted by Gasteiger charge is 2.26. The minimum absolute atomic E-state index is 0.0263. The molecule has 1 aromatic heterocycles. The molecule has 1 aromatic carbocycles. The Morgan fingerprint density at radius 2 is 2.22 bits per heavy atom. The lowest BCUT2D eigenvalue weighted by atomic mass is 9.84. The van der Waals surface area contributed by atoms with Crippen LogP contribution in [0.2, 0.25) is 0 Å². The van der Waals surface area contributed by atoms with E-state index in [4.69, 9.17) is 4.74 Å². The van der Waals surface area contributed by atoms with E-state index in [1.165, 1.54) is 10.5 Å². The first-order valence-corrected chi connectivity index (χ1v) is 9.38. The summed E-state index contributed by atoms with van der Waals surface area (Å²) >= 11 is 0. The zero-order chi connectivity index (χ0) is 19.0. The van der Waals surface area contributed by atoms with Crippen molar-refractivity contribution < 1.29 is 14.3 Å². The average Bonchev–Trinajstić information content (AvgIpc) is 2.70. The van der Waals surface area contributed by atoms with Crippen LogP contribution in [0.15, 0.2) is 30.6 Å². The molecule has 0 unspecified atom stereocenters. The second-order valence-corrected chi connectivity index (χ2v) is 7.08. The molecular formula is C21H23N3O3. The van der Waals surface area contributed by atoms with Crippen molar-refractivity contribution in [2.24, 2.45) is 0 Å². The molecule has 6 heteroatoms. The van der Waals surface area contributed by atoms with Crippen LogP contribution in [0.25, 0.3) is 11.1 Å². The highest BCUT2D eigenvalue weighted by molar-refractivity contribution is 5.90. The Balaban J connectivity index is 1.73. The maximum absolute atomic E-state index is 11.9. The van der Waals surface area contributed by atoms with E-state index in [1.54, 1.807) is 7.05 Å². The highest BCUT2D eigenvalue weighted by atomic mass is 16.6. The second-order valence-electron chi connectivity index (χ2n) is 7.08. The van der Waals surface area contributed by atoms with Gasteiger partial charge in [-0.2, -0.15) is 0 Å². The summed E-state index contributed by atoms with van der Waals surface area (Å²) in [5.74, 6) is 0.0666. The summed E-state index contributed by atoms with van der Waals surface area (Å²) in [6.45, 7) is 2.15. The number of ether oxygens (including phenoxy) is 1. The van der Waals surface area contributed by atoms with Gasteiger partial charge in [-0.05, 0) is 48.1 Å². The Bertz CT molecular complexity index is 910. The molecule has 2 aliphatic rings. The molecule has 0 saturated heterocycles. The van der Waals surface area contributed by atoms with Crippen LogP contribution in [0.3, 0.4) is 0 Å². The van der Waals surface area contributed by atoms with Gasteiger partial charge in [-0.25, -0.2) is 4.79 Å². The van der Waals surface area contributed by atoms with Crippen LogP contribution in [-0.4, -0.2) is 24.0 Å². The van der Waals surface area contributed by atoms with Gasteiger partial charge in [0, 0.05) is 37.0 Å². The van der Waals surface area contributed by atoms with Crippen LogP contribution in [0.1, 0.15) is 48.9 Å². The van der Waals surface area contributed by atoms with Gasteiger partial charge in [0.2, 0.25) is 5.91 Å². The summed E-state index contributed by atoms with van der Waals surface area (Å²) in [5, 5.41) is 3.12. The first kappa shape index (κ1) is 17.5. The number of pyridine rings is 1. The molecule has 2 heterocycles. The van der Waals surface area contributed by atoms with Crippen LogP contribution in [0.5, 0.6) is 0 Å². The summed E-state index contributed by atoms with van der Waals surface area (Å²) in [6.07, 6.45) is 6.87. The highest BCUT2D eigenvalue weighted by Crippen LogP contribution is 2.37. The number of nitrogens with one attached hydrogen (secondary N) is 1. The fraction of sp³-hybridized carbons (Fsp3) is 0.381. The van der Waals surface area contributed by atoms with Crippen molar-refractivity contribution in [3.63, 3.8) is 0 Å². The number of fused-ring (bicyclic) bond motifs is 2. The third-order valence-electron chi connectivity index (χ3n) is 5.42. The molecule has 1 aliphatic heterocycles. The Labute approximate surface area is 158 Å². The zero-order valence-electron chi connectivity index (χ0n) is 15.6. The van der Waals surface area contributed by atoms with Crippen molar-refractivity contribution in [2.45, 2.75) is 45.3 Å². The zero-order valence-corrected chi connectivity index (χ0v) is 15.6. The minimum atomic E-state index is -0.330. The second kappa shape index (κ2) is 7.02. The summed E-state index contributed by atoms with van der Waals surface area (Å²) < 4.78 is 5.22. The minimum Gasteiger partial charge on any atom is -0.444 e. The number of hydrogen-bond acceptors (Lipinski definition) is 4. The summed E-state index contributed by atoms with van der Waals surface area (Å²) in [6, 6.07) is 6.09. The molecule has 0 bridgehead atoms. The largest absolute Gasteiger partial charge is 0.444 e. The fourth-order valence-corrected chi connectivity index (χ4v) is 3.95. The van der Waals surface area contributed by atoms with E-state index < -0.39 is 0 Å². The smallest absolute Gasteiger partial charge is 0.414 e. The molecule has 2 amide bonds. The Morgan fingerprint density at radius 3 is 3.04 bits per heavy atom. The van der Waals surface area contributed by atoms with Gasteiger partial charge in [0.1, 0.15) is 6.61 Å². The van der Waals surface area contributed by atoms with Crippen LogP contribution in [0.4, 0.5) is 10.5 Å². The van der Waals surface area contributed by atoms with Gasteiger partial charge >= 0.3 is 6.09 Å². The van der Waals surface area contributed by atoms with Gasteiger partial charge in [-0.3, -0.25) is 14.7 Å². The third-order valence-corrected chi connectivity index (χ3v) is 5.42. The van der Waals surface area contributed by atoms with Crippen molar-refractivity contribution in [2.75, 3.05) is 11.9 Å². The number of cyclic esters (lactones) is 1. The van der Waals surface area contributed by atoms with E-state index in [9.17, 15) is 9.59 Å². The van der Waals surface area contributed by atoms with Crippen LogP contribution >= 0.6 is 0 Å². The van der Waals surface area contributed by atoms with Crippen molar-refractivity contribution in [1.29, 1.82) is 0 Å². The van der Waals surface area contributed by atoms with Crippen molar-refractivity contribution in [3.05, 3.63) is 47.3 Å². The number of benzene rings is 1. The lowest BCUT2D eigenvalue weighted by Crippen LogP contribution is -2.31. The number of hydrogen-bond donors (Lipinski definition) is 1. The molecule has 27 heavy (non-hydrogen) atoms. The first-order valence-electron chi connectivity index (χ1n) is 9.38. The van der Waals surface area contributed by atoms with E-state index >= 15 is 0 Å². The van der Waals surface area contributed by atoms with E-state index in [0.29, 0.717) is 6.42 Å². The molecule has 6 nitrogen and oxygen atoms in total. The summed E-state index contributed by atoms with van der Waals surface area (Å²) in [7, 11) is 1.72. The van der Waals surface area contributed by atoms with E-state index in [0.717, 1.165) is 47.2 Å². The quantitative estimate of drug-likeness (QED) is 0.899. The fourth-order valence-electron chi connectivity index (χ4n) is 3.95. The maximum atomic E-state index is 11.9. The molecule has 4 rings (SSSR count). The number of aromatic nitrogens is 1. The van der Waals surface area contributed by atoms with Crippen LogP contribution in [0, 0.1) is 0 Å². The predicted octanol–water partition coefficient (Wildman–Crippen LogP) is 3.74. The number of carbonyl (C=O) groups is 2. The van der Waals surface area contributed by atoms with E-state index in [2.05, 4.69) is 16.4 Å². The van der Waals surface area contributed by atoms with Crippen LogP contribution < -0.4 is 10.2 Å². The lowest BCUT2D eigenvalue weighted by molar-refractivity contribution is -0.121. The average molecular weight is 365 g/mol. The molecule has 0 radical (unpaired) electrons. The molecule has 0 spiro atoms. The van der Waals surface area contributed by atoms with Gasteiger partial charge in [-0.15, -0.1) is 0 Å². The molecular weight excluding hydrogens is 342 g/mol. The molecule has 1 atom stereocenters. The van der Waals surface area contributed by atoms with Gasteiger partial charge in [0.15, 0.2) is 0 Å². The predicted molar refractivity (Wildman–Crippen MR) is 102 cm³/mol. The monoisotopic (exact) mass is 365 g/mol. The van der Waals surface area contributed by atoms with E-state index in [1.807, 2.05) is 31.5 Å². The number of nitrogens with zero attached hydrogens (tertiary/aromatic N) is 2. The van der Waals surface area contributed by atoms with Gasteiger partial charge in [0.05, 0.1) is 11.7 Å².